The molecule has 112 valence electrons. The van der Waals surface area contributed by atoms with Crippen LogP contribution in [0.4, 0.5) is 11.4 Å². The Bertz CT molecular complexity index is 578. The van der Waals surface area contributed by atoms with Gasteiger partial charge < -0.3 is 10.4 Å². The number of carbonyl (C=O) groups excluding carboxylic acids is 1. The number of hydrogen-bond donors (Lipinski definition) is 2. The highest BCUT2D eigenvalue weighted by atomic mass is 16.6. The number of amides is 1. The summed E-state index contributed by atoms with van der Waals surface area (Å²) in [6.45, 7) is 0. The van der Waals surface area contributed by atoms with E-state index in [2.05, 4.69) is 5.32 Å². The first-order valence-corrected chi connectivity index (χ1v) is 6.71. The summed E-state index contributed by atoms with van der Waals surface area (Å²) in [7, 11) is 0. The van der Waals surface area contributed by atoms with Crippen molar-refractivity contribution in [1.82, 2.24) is 0 Å². The fraction of sp³-hybridized carbons (Fsp3) is 0.429. The predicted octanol–water partition coefficient (Wildman–Crippen LogP) is 2.57. The fourth-order valence-corrected chi connectivity index (χ4v) is 2.76. The third-order valence-electron chi connectivity index (χ3n) is 3.89. The van der Waals surface area contributed by atoms with Crippen molar-refractivity contribution >= 4 is 23.3 Å². The van der Waals surface area contributed by atoms with Gasteiger partial charge in [0.05, 0.1) is 10.3 Å². The summed E-state index contributed by atoms with van der Waals surface area (Å²) >= 11 is 0. The number of nitro groups is 1. The molecule has 0 saturated heterocycles. The lowest BCUT2D eigenvalue weighted by molar-refractivity contribution is -0.383. The van der Waals surface area contributed by atoms with Crippen molar-refractivity contribution in [3.63, 3.8) is 0 Å². The van der Waals surface area contributed by atoms with Crippen molar-refractivity contribution < 1.29 is 19.6 Å². The average Bonchev–Trinajstić information content (AvgIpc) is 2.88. The largest absolute Gasteiger partial charge is 0.481 e. The molecule has 0 radical (unpaired) electrons. The molecular formula is C14H16N2O5. The predicted molar refractivity (Wildman–Crippen MR) is 74.9 cm³/mol. The Morgan fingerprint density at radius 3 is 2.48 bits per heavy atom. The number of carbonyl (C=O) groups is 2. The number of nitrogens with one attached hydrogen (secondary N) is 1. The lowest BCUT2D eigenvalue weighted by Crippen LogP contribution is -2.32. The Morgan fingerprint density at radius 1 is 1.29 bits per heavy atom. The smallest absolute Gasteiger partial charge is 0.310 e. The highest BCUT2D eigenvalue weighted by Gasteiger charge is 2.43. The van der Waals surface area contributed by atoms with Gasteiger partial charge in [-0.15, -0.1) is 0 Å². The Kier molecular flexibility index (Phi) is 4.21. The van der Waals surface area contributed by atoms with Crippen LogP contribution < -0.4 is 5.32 Å². The summed E-state index contributed by atoms with van der Waals surface area (Å²) in [5, 5.41) is 22.7. The van der Waals surface area contributed by atoms with Gasteiger partial charge >= 0.3 is 5.97 Å². The molecular weight excluding hydrogens is 276 g/mol. The minimum absolute atomic E-state index is 0.0889. The molecule has 0 spiro atoms. The lowest BCUT2D eigenvalue weighted by atomic mass is 9.82. The van der Waals surface area contributed by atoms with E-state index in [1.807, 2.05) is 0 Å². The van der Waals surface area contributed by atoms with E-state index in [1.54, 1.807) is 6.07 Å². The van der Waals surface area contributed by atoms with Crippen LogP contribution in [-0.2, 0) is 9.59 Å². The van der Waals surface area contributed by atoms with Crippen LogP contribution in [0.1, 0.15) is 32.1 Å². The molecule has 1 amide bonds. The van der Waals surface area contributed by atoms with Gasteiger partial charge in [-0.25, -0.2) is 0 Å². The van der Waals surface area contributed by atoms with Crippen LogP contribution >= 0.6 is 0 Å². The van der Waals surface area contributed by atoms with Crippen LogP contribution in [0.3, 0.4) is 0 Å². The first-order valence-electron chi connectivity index (χ1n) is 6.71. The molecule has 7 heteroatoms. The SMILES string of the molecule is O=C(CC1(C(=O)O)CCCC1)Nc1ccccc1[N+](=O)[O-]. The Hall–Kier alpha value is -2.44. The summed E-state index contributed by atoms with van der Waals surface area (Å²) in [4.78, 5) is 33.7. The van der Waals surface area contributed by atoms with Crippen molar-refractivity contribution in [1.29, 1.82) is 0 Å². The van der Waals surface area contributed by atoms with Crippen LogP contribution in [0.2, 0.25) is 0 Å². The number of aliphatic carboxylic acids is 1. The van der Waals surface area contributed by atoms with Crippen molar-refractivity contribution in [3.05, 3.63) is 34.4 Å². The van der Waals surface area contributed by atoms with Gasteiger partial charge in [0.2, 0.25) is 5.91 Å². The van der Waals surface area contributed by atoms with E-state index in [9.17, 15) is 24.8 Å². The second-order valence-corrected chi connectivity index (χ2v) is 5.29. The summed E-state index contributed by atoms with van der Waals surface area (Å²) in [5.74, 6) is -1.48. The van der Waals surface area contributed by atoms with Crippen LogP contribution in [0, 0.1) is 15.5 Å². The minimum atomic E-state index is -1.03. The monoisotopic (exact) mass is 292 g/mol. The van der Waals surface area contributed by atoms with Crippen LogP contribution in [0.15, 0.2) is 24.3 Å². The summed E-state index contributed by atoms with van der Waals surface area (Å²) in [6, 6.07) is 5.80. The average molecular weight is 292 g/mol. The molecule has 7 nitrogen and oxygen atoms in total. The quantitative estimate of drug-likeness (QED) is 0.640. The Labute approximate surface area is 121 Å². The fourth-order valence-electron chi connectivity index (χ4n) is 2.76. The van der Waals surface area contributed by atoms with E-state index in [4.69, 9.17) is 0 Å². The molecule has 0 heterocycles. The van der Waals surface area contributed by atoms with E-state index >= 15 is 0 Å². The van der Waals surface area contributed by atoms with Crippen LogP contribution in [-0.4, -0.2) is 21.9 Å². The topological polar surface area (TPSA) is 110 Å². The van der Waals surface area contributed by atoms with E-state index in [0.29, 0.717) is 12.8 Å². The van der Waals surface area contributed by atoms with E-state index in [-0.39, 0.29) is 17.8 Å². The van der Waals surface area contributed by atoms with Gasteiger partial charge in [0.15, 0.2) is 0 Å². The molecule has 0 bridgehead atoms. The van der Waals surface area contributed by atoms with E-state index in [1.165, 1.54) is 18.2 Å². The molecule has 1 fully saturated rings. The zero-order chi connectivity index (χ0) is 15.5. The maximum Gasteiger partial charge on any atom is 0.310 e. The molecule has 1 aliphatic rings. The number of rotatable bonds is 5. The lowest BCUT2D eigenvalue weighted by Gasteiger charge is -2.22. The van der Waals surface area contributed by atoms with Gasteiger partial charge in [-0.2, -0.15) is 0 Å². The number of para-hydroxylation sites is 2. The molecule has 0 atom stereocenters. The van der Waals surface area contributed by atoms with Gasteiger partial charge in [0.1, 0.15) is 5.69 Å². The first kappa shape index (κ1) is 15.0. The summed E-state index contributed by atoms with van der Waals surface area (Å²) in [5.41, 5.74) is -1.15. The number of hydrogen-bond acceptors (Lipinski definition) is 4. The molecule has 0 aromatic heterocycles. The third-order valence-corrected chi connectivity index (χ3v) is 3.89. The molecule has 0 aliphatic heterocycles. The molecule has 1 aromatic rings. The number of carboxylic acids is 1. The molecule has 1 aliphatic carbocycles. The number of benzene rings is 1. The number of nitro benzene ring substituents is 1. The van der Waals surface area contributed by atoms with Crippen molar-refractivity contribution in [3.8, 4) is 0 Å². The molecule has 1 saturated carbocycles. The number of anilines is 1. The van der Waals surface area contributed by atoms with Gasteiger partial charge in [0, 0.05) is 12.5 Å². The van der Waals surface area contributed by atoms with E-state index < -0.39 is 22.2 Å². The maximum absolute atomic E-state index is 12.1. The first-order chi connectivity index (χ1) is 9.94. The summed E-state index contributed by atoms with van der Waals surface area (Å²) in [6.07, 6.45) is 2.34. The highest BCUT2D eigenvalue weighted by Crippen LogP contribution is 2.41. The van der Waals surface area contributed by atoms with Crippen LogP contribution in [0.25, 0.3) is 0 Å². The second-order valence-electron chi connectivity index (χ2n) is 5.29. The molecule has 21 heavy (non-hydrogen) atoms. The van der Waals surface area contributed by atoms with Crippen molar-refractivity contribution in [2.24, 2.45) is 5.41 Å². The number of carboxylic acid groups (broad SMARTS) is 1. The molecule has 1 aromatic carbocycles. The van der Waals surface area contributed by atoms with Crippen LogP contribution in [0.5, 0.6) is 0 Å². The van der Waals surface area contributed by atoms with Gasteiger partial charge in [-0.1, -0.05) is 25.0 Å². The zero-order valence-corrected chi connectivity index (χ0v) is 11.4. The molecule has 0 unspecified atom stereocenters. The summed E-state index contributed by atoms with van der Waals surface area (Å²) < 4.78 is 0. The number of nitrogens with zero attached hydrogens (tertiary/aromatic N) is 1. The molecule has 2 rings (SSSR count). The maximum atomic E-state index is 12.1. The normalized spacial score (nSPS) is 16.4. The minimum Gasteiger partial charge on any atom is -0.481 e. The van der Waals surface area contributed by atoms with Gasteiger partial charge in [-0.05, 0) is 18.9 Å². The third kappa shape index (κ3) is 3.18. The standard InChI is InChI=1S/C14H16N2O5/c17-12(9-14(13(18)19)7-3-4-8-14)15-10-5-1-2-6-11(10)16(20)21/h1-2,5-6H,3-4,7-9H2,(H,15,17)(H,18,19). The highest BCUT2D eigenvalue weighted by molar-refractivity contribution is 5.96. The molecule has 2 N–H and O–H groups in total. The van der Waals surface area contributed by atoms with Gasteiger partial charge in [-0.3, -0.25) is 19.7 Å². The second kappa shape index (κ2) is 5.90. The van der Waals surface area contributed by atoms with Crippen molar-refractivity contribution in [2.75, 3.05) is 5.32 Å². The van der Waals surface area contributed by atoms with Gasteiger partial charge in [0.25, 0.3) is 5.69 Å². The zero-order valence-electron chi connectivity index (χ0n) is 11.4. The van der Waals surface area contributed by atoms with Crippen molar-refractivity contribution in [2.45, 2.75) is 32.1 Å². The Morgan fingerprint density at radius 2 is 1.90 bits per heavy atom. The van der Waals surface area contributed by atoms with E-state index in [0.717, 1.165) is 12.8 Å². The Balaban J connectivity index is 2.12.